The van der Waals surface area contributed by atoms with Crippen LogP contribution in [0.15, 0.2) is 35.3 Å². The fraction of sp³-hybridized carbons (Fsp3) is 0.619. The second-order valence-electron chi connectivity index (χ2n) is 7.01. The highest BCUT2D eigenvalue weighted by Crippen LogP contribution is 2.20. The molecule has 0 amide bonds. The number of hydrogen-bond acceptors (Lipinski definition) is 4. The van der Waals surface area contributed by atoms with Crippen molar-refractivity contribution in [2.45, 2.75) is 58.7 Å². The first kappa shape index (κ1) is 24.7. The number of hydrogen-bond donors (Lipinski definition) is 2. The molecule has 2 N–H and O–H groups in total. The van der Waals surface area contributed by atoms with Gasteiger partial charge in [-0.05, 0) is 39.2 Å². The quantitative estimate of drug-likeness (QED) is 0.179. The SMILES string of the molecule is CCNC(=NCCCC(=O)OCC)NC1CC(C)N(Cc2ccccc2)C1.I. The lowest BCUT2D eigenvalue weighted by atomic mass is 10.2. The number of halogens is 1. The van der Waals surface area contributed by atoms with Crippen LogP contribution >= 0.6 is 24.0 Å². The molecule has 1 aromatic carbocycles. The summed E-state index contributed by atoms with van der Waals surface area (Å²) >= 11 is 0. The summed E-state index contributed by atoms with van der Waals surface area (Å²) in [5.41, 5.74) is 1.35. The van der Waals surface area contributed by atoms with Crippen molar-refractivity contribution < 1.29 is 9.53 Å². The van der Waals surface area contributed by atoms with E-state index in [-0.39, 0.29) is 29.9 Å². The summed E-state index contributed by atoms with van der Waals surface area (Å²) in [6, 6.07) is 11.5. The number of benzene rings is 1. The molecule has 1 aromatic rings. The summed E-state index contributed by atoms with van der Waals surface area (Å²) in [5, 5.41) is 6.86. The van der Waals surface area contributed by atoms with E-state index in [2.05, 4.69) is 64.7 Å². The van der Waals surface area contributed by atoms with Gasteiger partial charge in [-0.25, -0.2) is 0 Å². The van der Waals surface area contributed by atoms with Crippen molar-refractivity contribution in [1.29, 1.82) is 0 Å². The van der Waals surface area contributed by atoms with E-state index in [1.54, 1.807) is 0 Å². The van der Waals surface area contributed by atoms with Gasteiger partial charge in [0, 0.05) is 44.7 Å². The average Bonchev–Trinajstić information content (AvgIpc) is 2.99. The summed E-state index contributed by atoms with van der Waals surface area (Å²) in [4.78, 5) is 18.5. The van der Waals surface area contributed by atoms with Crippen LogP contribution in [0.25, 0.3) is 0 Å². The Morgan fingerprint density at radius 1 is 1.29 bits per heavy atom. The highest BCUT2D eigenvalue weighted by Gasteiger charge is 2.29. The fourth-order valence-electron chi connectivity index (χ4n) is 3.40. The van der Waals surface area contributed by atoms with Gasteiger partial charge in [0.2, 0.25) is 0 Å². The molecule has 158 valence electrons. The molecule has 1 fully saturated rings. The number of carbonyl (C=O) groups excluding carboxylic acids is 1. The van der Waals surface area contributed by atoms with Crippen LogP contribution in [0.2, 0.25) is 0 Å². The number of rotatable bonds is 9. The van der Waals surface area contributed by atoms with Gasteiger partial charge in [-0.3, -0.25) is 14.7 Å². The second kappa shape index (κ2) is 13.8. The van der Waals surface area contributed by atoms with Crippen LogP contribution in [0, 0.1) is 0 Å². The number of carbonyl (C=O) groups is 1. The molecular weight excluding hydrogens is 467 g/mol. The molecule has 0 spiro atoms. The Morgan fingerprint density at radius 3 is 2.71 bits per heavy atom. The first-order valence-electron chi connectivity index (χ1n) is 10.1. The molecule has 2 rings (SSSR count). The maximum atomic E-state index is 11.4. The minimum atomic E-state index is -0.146. The highest BCUT2D eigenvalue weighted by molar-refractivity contribution is 14.0. The zero-order chi connectivity index (χ0) is 19.5. The fourth-order valence-corrected chi connectivity index (χ4v) is 3.40. The van der Waals surface area contributed by atoms with Crippen molar-refractivity contribution in [2.75, 3.05) is 26.2 Å². The third-order valence-corrected chi connectivity index (χ3v) is 4.73. The summed E-state index contributed by atoms with van der Waals surface area (Å²) < 4.78 is 4.95. The number of ether oxygens (including phenoxy) is 1. The third kappa shape index (κ3) is 8.77. The Morgan fingerprint density at radius 2 is 2.04 bits per heavy atom. The Kier molecular flexibility index (Phi) is 12.1. The normalized spacial score (nSPS) is 19.8. The van der Waals surface area contributed by atoms with Crippen molar-refractivity contribution >= 4 is 35.9 Å². The zero-order valence-corrected chi connectivity index (χ0v) is 19.6. The van der Waals surface area contributed by atoms with E-state index in [9.17, 15) is 4.79 Å². The van der Waals surface area contributed by atoms with Crippen LogP contribution < -0.4 is 10.6 Å². The molecule has 28 heavy (non-hydrogen) atoms. The largest absolute Gasteiger partial charge is 0.466 e. The number of guanidine groups is 1. The molecule has 0 bridgehead atoms. The molecule has 1 aliphatic rings. The van der Waals surface area contributed by atoms with E-state index < -0.39 is 0 Å². The van der Waals surface area contributed by atoms with Gasteiger partial charge in [0.05, 0.1) is 6.61 Å². The Balaban J connectivity index is 0.00000392. The Hall–Kier alpha value is -1.35. The van der Waals surface area contributed by atoms with E-state index >= 15 is 0 Å². The molecule has 2 atom stereocenters. The topological polar surface area (TPSA) is 66.0 Å². The van der Waals surface area contributed by atoms with Gasteiger partial charge < -0.3 is 15.4 Å². The van der Waals surface area contributed by atoms with E-state index in [4.69, 9.17) is 4.74 Å². The standard InChI is InChI=1S/C21H34N4O2.HI/c1-4-22-21(23-13-9-12-20(26)27-5-2)24-19-14-17(3)25(16-19)15-18-10-7-6-8-11-18;/h6-8,10-11,17,19H,4-5,9,12-16H2,1-3H3,(H2,22,23,24);1H. The molecule has 0 saturated carbocycles. The number of esters is 1. The van der Waals surface area contributed by atoms with Gasteiger partial charge in [-0.1, -0.05) is 30.3 Å². The first-order chi connectivity index (χ1) is 13.1. The maximum Gasteiger partial charge on any atom is 0.305 e. The predicted octanol–water partition coefficient (Wildman–Crippen LogP) is 3.17. The van der Waals surface area contributed by atoms with Gasteiger partial charge in [0.1, 0.15) is 0 Å². The molecular formula is C21H35IN4O2. The highest BCUT2D eigenvalue weighted by atomic mass is 127. The molecule has 0 aromatic heterocycles. The lowest BCUT2D eigenvalue weighted by Gasteiger charge is -2.21. The van der Waals surface area contributed by atoms with Crippen molar-refractivity contribution in [3.63, 3.8) is 0 Å². The van der Waals surface area contributed by atoms with Gasteiger partial charge in [0.15, 0.2) is 5.96 Å². The molecule has 6 nitrogen and oxygen atoms in total. The summed E-state index contributed by atoms with van der Waals surface area (Å²) in [7, 11) is 0. The van der Waals surface area contributed by atoms with E-state index in [0.717, 1.165) is 32.0 Å². The number of aliphatic imine (C=N–C) groups is 1. The molecule has 0 radical (unpaired) electrons. The average molecular weight is 502 g/mol. The molecule has 1 heterocycles. The third-order valence-electron chi connectivity index (χ3n) is 4.73. The van der Waals surface area contributed by atoms with Crippen LogP contribution in [0.3, 0.4) is 0 Å². The van der Waals surface area contributed by atoms with Gasteiger partial charge in [-0.15, -0.1) is 24.0 Å². The first-order valence-corrected chi connectivity index (χ1v) is 10.1. The molecule has 1 saturated heterocycles. The smallest absolute Gasteiger partial charge is 0.305 e. The molecule has 0 aliphatic carbocycles. The van der Waals surface area contributed by atoms with Crippen LogP contribution in [0.4, 0.5) is 0 Å². The minimum absolute atomic E-state index is 0. The predicted molar refractivity (Wildman–Crippen MR) is 125 cm³/mol. The summed E-state index contributed by atoms with van der Waals surface area (Å²) in [6.07, 6.45) is 2.22. The lowest BCUT2D eigenvalue weighted by Crippen LogP contribution is -2.44. The van der Waals surface area contributed by atoms with Crippen LogP contribution in [0.1, 0.15) is 45.6 Å². The minimum Gasteiger partial charge on any atom is -0.466 e. The van der Waals surface area contributed by atoms with E-state index in [1.165, 1.54) is 5.56 Å². The summed E-state index contributed by atoms with van der Waals surface area (Å²) in [6.45, 7) is 10.0. The number of nitrogens with zero attached hydrogens (tertiary/aromatic N) is 2. The van der Waals surface area contributed by atoms with Crippen molar-refractivity contribution in [1.82, 2.24) is 15.5 Å². The molecule has 1 aliphatic heterocycles. The lowest BCUT2D eigenvalue weighted by molar-refractivity contribution is -0.143. The monoisotopic (exact) mass is 502 g/mol. The van der Waals surface area contributed by atoms with Gasteiger partial charge in [-0.2, -0.15) is 0 Å². The maximum absolute atomic E-state index is 11.4. The van der Waals surface area contributed by atoms with E-state index in [0.29, 0.717) is 38.1 Å². The molecule has 2 unspecified atom stereocenters. The second-order valence-corrected chi connectivity index (χ2v) is 7.01. The van der Waals surface area contributed by atoms with Gasteiger partial charge in [0.25, 0.3) is 0 Å². The number of nitrogens with one attached hydrogen (secondary N) is 2. The summed E-state index contributed by atoms with van der Waals surface area (Å²) in [5.74, 6) is 0.687. The van der Waals surface area contributed by atoms with Crippen molar-refractivity contribution in [3.05, 3.63) is 35.9 Å². The zero-order valence-electron chi connectivity index (χ0n) is 17.3. The Labute approximate surface area is 186 Å². The van der Waals surface area contributed by atoms with Gasteiger partial charge >= 0.3 is 5.97 Å². The van der Waals surface area contributed by atoms with Crippen molar-refractivity contribution in [2.24, 2.45) is 4.99 Å². The Bertz CT molecular complexity index is 597. The van der Waals surface area contributed by atoms with Crippen LogP contribution in [0.5, 0.6) is 0 Å². The molecule has 7 heteroatoms. The van der Waals surface area contributed by atoms with Crippen LogP contribution in [-0.2, 0) is 16.1 Å². The number of likely N-dealkylation sites (tertiary alicyclic amines) is 1. The van der Waals surface area contributed by atoms with Crippen molar-refractivity contribution in [3.8, 4) is 0 Å². The van der Waals surface area contributed by atoms with E-state index in [1.807, 2.05) is 6.92 Å². The van der Waals surface area contributed by atoms with Crippen LogP contribution in [-0.4, -0.2) is 55.2 Å².